The van der Waals surface area contributed by atoms with Crippen LogP contribution in [0.1, 0.15) is 64.6 Å². The molecule has 2 rings (SSSR count). The second kappa shape index (κ2) is 6.28. The molecule has 2 heteroatoms. The second-order valence-electron chi connectivity index (χ2n) is 7.01. The molecule has 20 heavy (non-hydrogen) atoms. The lowest BCUT2D eigenvalue weighted by molar-refractivity contribution is -0.0120. The van der Waals surface area contributed by atoms with E-state index in [2.05, 4.69) is 64.2 Å². The van der Waals surface area contributed by atoms with E-state index in [0.717, 1.165) is 19.4 Å². The van der Waals surface area contributed by atoms with Crippen molar-refractivity contribution in [2.75, 3.05) is 6.61 Å². The second-order valence-corrected chi connectivity index (χ2v) is 7.01. The molecule has 2 nitrogen and oxygen atoms in total. The normalized spacial score (nSPS) is 24.2. The molecule has 1 aromatic rings. The van der Waals surface area contributed by atoms with Crippen LogP contribution < -0.4 is 5.32 Å². The van der Waals surface area contributed by atoms with E-state index in [1.54, 1.807) is 0 Å². The van der Waals surface area contributed by atoms with Crippen LogP contribution in [-0.2, 0) is 10.2 Å². The molecule has 1 aromatic carbocycles. The number of hydrogen-bond donors (Lipinski definition) is 1. The van der Waals surface area contributed by atoms with Crippen LogP contribution in [0.15, 0.2) is 24.3 Å². The Labute approximate surface area is 123 Å². The Morgan fingerprint density at radius 2 is 1.80 bits per heavy atom. The molecular weight excluding hydrogens is 246 g/mol. The van der Waals surface area contributed by atoms with Gasteiger partial charge in [0.15, 0.2) is 0 Å². The van der Waals surface area contributed by atoms with Crippen molar-refractivity contribution < 1.29 is 4.74 Å². The van der Waals surface area contributed by atoms with Crippen molar-refractivity contribution in [3.05, 3.63) is 35.4 Å². The first-order chi connectivity index (χ1) is 9.40. The van der Waals surface area contributed by atoms with Gasteiger partial charge in [-0.15, -0.1) is 0 Å². The summed E-state index contributed by atoms with van der Waals surface area (Å²) in [6.45, 7) is 11.9. The summed E-state index contributed by atoms with van der Waals surface area (Å²) < 4.78 is 5.61. The van der Waals surface area contributed by atoms with Crippen molar-refractivity contribution in [2.24, 2.45) is 0 Å². The third-order valence-corrected chi connectivity index (χ3v) is 4.26. The van der Waals surface area contributed by atoms with E-state index in [-0.39, 0.29) is 5.41 Å². The van der Waals surface area contributed by atoms with Crippen molar-refractivity contribution in [3.8, 4) is 0 Å². The number of nitrogens with one attached hydrogen (secondary N) is 1. The molecule has 0 amide bonds. The van der Waals surface area contributed by atoms with E-state index in [4.69, 9.17) is 4.74 Å². The summed E-state index contributed by atoms with van der Waals surface area (Å²) in [4.78, 5) is 0. The highest BCUT2D eigenvalue weighted by atomic mass is 16.5. The molecule has 1 unspecified atom stereocenters. The van der Waals surface area contributed by atoms with Gasteiger partial charge in [-0.1, -0.05) is 45.0 Å². The molecule has 1 atom stereocenters. The molecule has 0 spiro atoms. The molecule has 0 heterocycles. The van der Waals surface area contributed by atoms with Gasteiger partial charge in [-0.25, -0.2) is 0 Å². The summed E-state index contributed by atoms with van der Waals surface area (Å²) in [6, 6.07) is 10.1. The van der Waals surface area contributed by atoms with Gasteiger partial charge < -0.3 is 10.1 Å². The summed E-state index contributed by atoms with van der Waals surface area (Å²) in [5, 5.41) is 3.70. The molecule has 112 valence electrons. The number of ether oxygens (including phenoxy) is 1. The molecule has 1 aliphatic carbocycles. The minimum Gasteiger partial charge on any atom is -0.378 e. The maximum Gasteiger partial charge on any atom is 0.0604 e. The summed E-state index contributed by atoms with van der Waals surface area (Å²) in [5.41, 5.74) is 3.00. The van der Waals surface area contributed by atoms with Crippen molar-refractivity contribution >= 4 is 0 Å². The third-order valence-electron chi connectivity index (χ3n) is 4.26. The lowest BCUT2D eigenvalue weighted by Gasteiger charge is -2.37. The van der Waals surface area contributed by atoms with E-state index in [0.29, 0.717) is 18.2 Å². The first-order valence-corrected chi connectivity index (χ1v) is 7.88. The minimum atomic E-state index is 0.230. The maximum absolute atomic E-state index is 5.61. The summed E-state index contributed by atoms with van der Waals surface area (Å²) in [5.74, 6) is 0. The molecule has 1 saturated carbocycles. The van der Waals surface area contributed by atoms with Gasteiger partial charge in [-0.2, -0.15) is 0 Å². The highest BCUT2D eigenvalue weighted by Gasteiger charge is 2.30. The van der Waals surface area contributed by atoms with Crippen LogP contribution in [0.25, 0.3) is 0 Å². The summed E-state index contributed by atoms with van der Waals surface area (Å²) in [6.07, 6.45) is 2.78. The van der Waals surface area contributed by atoms with Gasteiger partial charge in [0.25, 0.3) is 0 Å². The van der Waals surface area contributed by atoms with E-state index in [1.807, 2.05) is 0 Å². The van der Waals surface area contributed by atoms with E-state index in [9.17, 15) is 0 Å². The van der Waals surface area contributed by atoms with Gasteiger partial charge >= 0.3 is 0 Å². The molecule has 0 radical (unpaired) electrons. The molecule has 0 bridgehead atoms. The highest BCUT2D eigenvalue weighted by Crippen LogP contribution is 2.27. The van der Waals surface area contributed by atoms with Crippen molar-refractivity contribution in [1.29, 1.82) is 0 Å². The van der Waals surface area contributed by atoms with Crippen molar-refractivity contribution in [3.63, 3.8) is 0 Å². The van der Waals surface area contributed by atoms with Crippen LogP contribution in [0.5, 0.6) is 0 Å². The molecular formula is C18H29NO. The van der Waals surface area contributed by atoms with Gasteiger partial charge in [0.1, 0.15) is 0 Å². The smallest absolute Gasteiger partial charge is 0.0604 e. The zero-order valence-electron chi connectivity index (χ0n) is 13.6. The fraction of sp³-hybridized carbons (Fsp3) is 0.667. The molecule has 0 aliphatic heterocycles. The SMILES string of the molecule is CCOC1CC(NC(C)c2ccc(C(C)(C)C)cc2)C1. The Morgan fingerprint density at radius 3 is 2.30 bits per heavy atom. The lowest BCUT2D eigenvalue weighted by Crippen LogP contribution is -2.46. The fourth-order valence-corrected chi connectivity index (χ4v) is 2.80. The standard InChI is InChI=1S/C18H29NO/c1-6-20-17-11-16(12-17)19-13(2)14-7-9-15(10-8-14)18(3,4)5/h7-10,13,16-17,19H,6,11-12H2,1-5H3. The Bertz CT molecular complexity index is 412. The molecule has 1 fully saturated rings. The number of rotatable bonds is 5. The Kier molecular flexibility index (Phi) is 4.87. The van der Waals surface area contributed by atoms with Gasteiger partial charge in [-0.3, -0.25) is 0 Å². The van der Waals surface area contributed by atoms with Crippen LogP contribution in [0.4, 0.5) is 0 Å². The zero-order valence-corrected chi connectivity index (χ0v) is 13.6. The first-order valence-electron chi connectivity index (χ1n) is 7.88. The maximum atomic E-state index is 5.61. The topological polar surface area (TPSA) is 21.3 Å². The van der Waals surface area contributed by atoms with Gasteiger partial charge in [0.05, 0.1) is 6.10 Å². The van der Waals surface area contributed by atoms with E-state index in [1.165, 1.54) is 11.1 Å². The van der Waals surface area contributed by atoms with E-state index >= 15 is 0 Å². The monoisotopic (exact) mass is 275 g/mol. The van der Waals surface area contributed by atoms with Crippen LogP contribution in [0.3, 0.4) is 0 Å². The highest BCUT2D eigenvalue weighted by molar-refractivity contribution is 5.29. The van der Waals surface area contributed by atoms with Gasteiger partial charge in [-0.05, 0) is 43.2 Å². The third kappa shape index (κ3) is 3.83. The Balaban J connectivity index is 1.86. The van der Waals surface area contributed by atoms with Crippen molar-refractivity contribution in [2.45, 2.75) is 71.1 Å². The van der Waals surface area contributed by atoms with Crippen LogP contribution in [-0.4, -0.2) is 18.8 Å². The largest absolute Gasteiger partial charge is 0.378 e. The fourth-order valence-electron chi connectivity index (χ4n) is 2.80. The molecule has 0 aromatic heterocycles. The average Bonchev–Trinajstić information content (AvgIpc) is 2.35. The molecule has 1 aliphatic rings. The Hall–Kier alpha value is -0.860. The van der Waals surface area contributed by atoms with Gasteiger partial charge in [0.2, 0.25) is 0 Å². The quantitative estimate of drug-likeness (QED) is 0.869. The summed E-state index contributed by atoms with van der Waals surface area (Å²) in [7, 11) is 0. The predicted molar refractivity (Wildman–Crippen MR) is 85.1 cm³/mol. The molecule has 1 N–H and O–H groups in total. The number of hydrogen-bond acceptors (Lipinski definition) is 2. The average molecular weight is 275 g/mol. The van der Waals surface area contributed by atoms with Crippen LogP contribution in [0.2, 0.25) is 0 Å². The van der Waals surface area contributed by atoms with E-state index < -0.39 is 0 Å². The predicted octanol–water partition coefficient (Wildman–Crippen LogP) is 4.20. The van der Waals surface area contributed by atoms with Crippen molar-refractivity contribution in [1.82, 2.24) is 5.32 Å². The minimum absolute atomic E-state index is 0.230. The first kappa shape index (κ1) is 15.5. The molecule has 0 saturated heterocycles. The zero-order chi connectivity index (χ0) is 14.8. The lowest BCUT2D eigenvalue weighted by atomic mass is 9.85. The van der Waals surface area contributed by atoms with Crippen LogP contribution >= 0.6 is 0 Å². The van der Waals surface area contributed by atoms with Crippen LogP contribution in [0, 0.1) is 0 Å². The summed E-state index contributed by atoms with van der Waals surface area (Å²) >= 11 is 0. The van der Waals surface area contributed by atoms with Gasteiger partial charge in [0, 0.05) is 18.7 Å². The number of benzene rings is 1. The Morgan fingerprint density at radius 1 is 1.20 bits per heavy atom.